The van der Waals surface area contributed by atoms with Crippen molar-refractivity contribution in [1.29, 1.82) is 0 Å². The Morgan fingerprint density at radius 1 is 1.32 bits per heavy atom. The molecule has 0 spiro atoms. The summed E-state index contributed by atoms with van der Waals surface area (Å²) in [5.74, 6) is 1.41. The Labute approximate surface area is 114 Å². The number of benzene rings is 1. The van der Waals surface area contributed by atoms with Crippen LogP contribution in [0.25, 0.3) is 11.3 Å². The van der Waals surface area contributed by atoms with Gasteiger partial charge in [0.15, 0.2) is 6.29 Å². The summed E-state index contributed by atoms with van der Waals surface area (Å²) in [7, 11) is 1.94. The number of nitrogens with zero attached hydrogens (tertiary/aromatic N) is 2. The van der Waals surface area contributed by atoms with Gasteiger partial charge in [-0.05, 0) is 24.8 Å². The molecule has 1 aromatic heterocycles. The fraction of sp³-hybridized carbons (Fsp3) is 0.375. The van der Waals surface area contributed by atoms with E-state index in [1.807, 2.05) is 18.5 Å². The first kappa shape index (κ1) is 13.5. The number of aldehydes is 1. The summed E-state index contributed by atoms with van der Waals surface area (Å²) >= 11 is 0. The van der Waals surface area contributed by atoms with Crippen molar-refractivity contribution >= 4 is 6.29 Å². The van der Waals surface area contributed by atoms with Gasteiger partial charge in [-0.25, -0.2) is 4.98 Å². The molecule has 0 N–H and O–H groups in total. The van der Waals surface area contributed by atoms with Crippen LogP contribution >= 0.6 is 0 Å². The van der Waals surface area contributed by atoms with Gasteiger partial charge in [0, 0.05) is 12.6 Å². The number of carbonyl (C=O) groups excluding carboxylic acids is 1. The quantitative estimate of drug-likeness (QED) is 0.781. The predicted octanol–water partition coefficient (Wildman–Crippen LogP) is 3.72. The first-order valence-corrected chi connectivity index (χ1v) is 6.67. The lowest BCUT2D eigenvalue weighted by atomic mass is 9.97. The molecular formula is C16H20N2O. The molecular weight excluding hydrogens is 236 g/mol. The Balaban J connectivity index is 2.45. The van der Waals surface area contributed by atoms with Crippen LogP contribution in [-0.4, -0.2) is 15.8 Å². The van der Waals surface area contributed by atoms with Crippen LogP contribution in [0.15, 0.2) is 24.3 Å². The van der Waals surface area contributed by atoms with Crippen LogP contribution in [0.5, 0.6) is 0 Å². The molecule has 1 unspecified atom stereocenters. The maximum absolute atomic E-state index is 11.1. The summed E-state index contributed by atoms with van der Waals surface area (Å²) in [6, 6.07) is 8.43. The van der Waals surface area contributed by atoms with Gasteiger partial charge in [-0.1, -0.05) is 38.1 Å². The fourth-order valence-electron chi connectivity index (χ4n) is 2.26. The van der Waals surface area contributed by atoms with Gasteiger partial charge in [-0.3, -0.25) is 4.79 Å². The topological polar surface area (TPSA) is 34.9 Å². The number of carbonyl (C=O) groups is 1. The van der Waals surface area contributed by atoms with E-state index in [1.165, 1.54) is 5.56 Å². The molecule has 0 saturated carbocycles. The van der Waals surface area contributed by atoms with Gasteiger partial charge in [0.2, 0.25) is 0 Å². The first-order valence-electron chi connectivity index (χ1n) is 6.67. The average molecular weight is 256 g/mol. The minimum absolute atomic E-state index is 0.510. The second kappa shape index (κ2) is 5.39. The second-order valence-electron chi connectivity index (χ2n) is 5.00. The Morgan fingerprint density at radius 3 is 2.47 bits per heavy atom. The molecule has 1 atom stereocenters. The summed E-state index contributed by atoms with van der Waals surface area (Å²) in [6.07, 6.45) is 1.95. The number of aromatic nitrogens is 2. The third kappa shape index (κ3) is 2.46. The Bertz CT molecular complexity index is 582. The SMILES string of the molecule is CCC(C)c1ccc(-c2c(C=O)nc(C)n2C)cc1. The van der Waals surface area contributed by atoms with E-state index in [4.69, 9.17) is 0 Å². The largest absolute Gasteiger partial charge is 0.331 e. The molecule has 2 rings (SSSR count). The number of hydrogen-bond donors (Lipinski definition) is 0. The summed E-state index contributed by atoms with van der Waals surface area (Å²) in [4.78, 5) is 15.4. The Hall–Kier alpha value is -1.90. The van der Waals surface area contributed by atoms with Crippen molar-refractivity contribution in [3.8, 4) is 11.3 Å². The number of rotatable bonds is 4. The van der Waals surface area contributed by atoms with E-state index >= 15 is 0 Å². The number of imidazole rings is 1. The van der Waals surface area contributed by atoms with Gasteiger partial charge in [0.1, 0.15) is 11.5 Å². The number of hydrogen-bond acceptors (Lipinski definition) is 2. The van der Waals surface area contributed by atoms with E-state index in [9.17, 15) is 4.79 Å². The Morgan fingerprint density at radius 2 is 1.95 bits per heavy atom. The van der Waals surface area contributed by atoms with E-state index in [0.717, 1.165) is 29.8 Å². The normalized spacial score (nSPS) is 12.4. The zero-order valence-corrected chi connectivity index (χ0v) is 12.0. The highest BCUT2D eigenvalue weighted by Crippen LogP contribution is 2.26. The van der Waals surface area contributed by atoms with Gasteiger partial charge in [-0.15, -0.1) is 0 Å². The van der Waals surface area contributed by atoms with E-state index in [0.29, 0.717) is 11.6 Å². The molecule has 100 valence electrons. The smallest absolute Gasteiger partial charge is 0.170 e. The maximum Gasteiger partial charge on any atom is 0.170 e. The van der Waals surface area contributed by atoms with Gasteiger partial charge < -0.3 is 4.57 Å². The first-order chi connectivity index (χ1) is 9.08. The predicted molar refractivity (Wildman–Crippen MR) is 77.5 cm³/mol. The van der Waals surface area contributed by atoms with Crippen molar-refractivity contribution in [2.75, 3.05) is 0 Å². The van der Waals surface area contributed by atoms with Crippen LogP contribution in [0.2, 0.25) is 0 Å². The molecule has 0 aliphatic heterocycles. The number of aryl methyl sites for hydroxylation is 1. The molecule has 0 radical (unpaired) electrons. The molecule has 3 heteroatoms. The average Bonchev–Trinajstić information content (AvgIpc) is 2.73. The van der Waals surface area contributed by atoms with Crippen molar-refractivity contribution in [2.45, 2.75) is 33.1 Å². The fourth-order valence-corrected chi connectivity index (χ4v) is 2.26. The van der Waals surface area contributed by atoms with Crippen LogP contribution < -0.4 is 0 Å². The van der Waals surface area contributed by atoms with Crippen LogP contribution in [0.4, 0.5) is 0 Å². The summed E-state index contributed by atoms with van der Waals surface area (Å²) in [6.45, 7) is 6.32. The lowest BCUT2D eigenvalue weighted by Crippen LogP contribution is -1.96. The molecule has 0 aliphatic carbocycles. The zero-order valence-electron chi connectivity index (χ0n) is 12.0. The van der Waals surface area contributed by atoms with Crippen LogP contribution in [0.3, 0.4) is 0 Å². The molecule has 0 amide bonds. The summed E-state index contributed by atoms with van der Waals surface area (Å²) in [5.41, 5.74) is 3.77. The van der Waals surface area contributed by atoms with Crippen molar-refractivity contribution < 1.29 is 4.79 Å². The van der Waals surface area contributed by atoms with Crippen molar-refractivity contribution in [2.24, 2.45) is 7.05 Å². The molecule has 0 bridgehead atoms. The van der Waals surface area contributed by atoms with E-state index < -0.39 is 0 Å². The van der Waals surface area contributed by atoms with Crippen LogP contribution in [-0.2, 0) is 7.05 Å². The lowest BCUT2D eigenvalue weighted by Gasteiger charge is -2.10. The standard InChI is InChI=1S/C16H20N2O/c1-5-11(2)13-6-8-14(9-7-13)16-15(10-19)17-12(3)18(16)4/h6-11H,5H2,1-4H3. The molecule has 3 nitrogen and oxygen atoms in total. The molecule has 0 fully saturated rings. The minimum Gasteiger partial charge on any atom is -0.331 e. The summed E-state index contributed by atoms with van der Waals surface area (Å²) in [5, 5.41) is 0. The van der Waals surface area contributed by atoms with E-state index in [2.05, 4.69) is 43.1 Å². The molecule has 19 heavy (non-hydrogen) atoms. The van der Waals surface area contributed by atoms with Crippen LogP contribution in [0.1, 0.15) is 48.1 Å². The van der Waals surface area contributed by atoms with Gasteiger partial charge >= 0.3 is 0 Å². The van der Waals surface area contributed by atoms with Gasteiger partial charge in [0.25, 0.3) is 0 Å². The van der Waals surface area contributed by atoms with E-state index in [1.54, 1.807) is 0 Å². The second-order valence-corrected chi connectivity index (χ2v) is 5.00. The molecule has 0 aliphatic rings. The lowest BCUT2D eigenvalue weighted by molar-refractivity contribution is 0.112. The molecule has 2 aromatic rings. The highest BCUT2D eigenvalue weighted by atomic mass is 16.1. The zero-order chi connectivity index (χ0) is 14.0. The van der Waals surface area contributed by atoms with Gasteiger partial charge in [0.05, 0.1) is 5.69 Å². The Kier molecular flexibility index (Phi) is 3.84. The third-order valence-electron chi connectivity index (χ3n) is 3.82. The highest BCUT2D eigenvalue weighted by molar-refractivity contribution is 5.84. The minimum atomic E-state index is 0.510. The summed E-state index contributed by atoms with van der Waals surface area (Å²) < 4.78 is 1.96. The van der Waals surface area contributed by atoms with E-state index in [-0.39, 0.29) is 0 Å². The van der Waals surface area contributed by atoms with Crippen molar-refractivity contribution in [3.05, 3.63) is 41.3 Å². The maximum atomic E-state index is 11.1. The monoisotopic (exact) mass is 256 g/mol. The molecule has 0 saturated heterocycles. The van der Waals surface area contributed by atoms with Gasteiger partial charge in [-0.2, -0.15) is 0 Å². The highest BCUT2D eigenvalue weighted by Gasteiger charge is 2.13. The molecule has 1 aromatic carbocycles. The third-order valence-corrected chi connectivity index (χ3v) is 3.82. The molecule has 1 heterocycles. The van der Waals surface area contributed by atoms with Crippen molar-refractivity contribution in [1.82, 2.24) is 9.55 Å². The van der Waals surface area contributed by atoms with Crippen LogP contribution in [0, 0.1) is 6.92 Å². The van der Waals surface area contributed by atoms with Crippen molar-refractivity contribution in [3.63, 3.8) is 0 Å².